The summed E-state index contributed by atoms with van der Waals surface area (Å²) in [5, 5.41) is 0. The molecule has 28 heavy (non-hydrogen) atoms. The number of halogens is 1. The lowest BCUT2D eigenvalue weighted by Crippen LogP contribution is -2.20. The van der Waals surface area contributed by atoms with Crippen LogP contribution < -0.4 is 14.3 Å². The molecule has 0 saturated heterocycles. The number of rotatable bonds is 5. The molecule has 0 aliphatic carbocycles. The van der Waals surface area contributed by atoms with E-state index in [1.165, 1.54) is 17.4 Å². The van der Waals surface area contributed by atoms with Crippen molar-refractivity contribution in [3.05, 3.63) is 52.6 Å². The van der Waals surface area contributed by atoms with Gasteiger partial charge in [0.15, 0.2) is 16.3 Å². The van der Waals surface area contributed by atoms with Crippen LogP contribution in [0, 0.1) is 5.82 Å². The van der Waals surface area contributed by atoms with Gasteiger partial charge in [0.05, 0.1) is 16.8 Å². The van der Waals surface area contributed by atoms with Gasteiger partial charge in [-0.1, -0.05) is 17.4 Å². The summed E-state index contributed by atoms with van der Waals surface area (Å²) < 4.78 is 33.2. The average Bonchev–Trinajstić information content (AvgIpc) is 3.06. The molecule has 8 heteroatoms. The van der Waals surface area contributed by atoms with Gasteiger partial charge in [-0.25, -0.2) is 4.39 Å². The van der Waals surface area contributed by atoms with Gasteiger partial charge in [-0.2, -0.15) is 4.99 Å². The minimum absolute atomic E-state index is 0.349. The molecule has 1 amide bonds. The van der Waals surface area contributed by atoms with E-state index in [1.54, 1.807) is 28.8 Å². The molecule has 146 valence electrons. The number of benzene rings is 2. The maximum absolute atomic E-state index is 14.4. The number of nitrogens with zero attached hydrogens (tertiary/aromatic N) is 2. The summed E-state index contributed by atoms with van der Waals surface area (Å²) in [7, 11) is 0. The second-order valence-corrected chi connectivity index (χ2v) is 7.10. The monoisotopic (exact) mass is 402 g/mol. The number of carbonyl (C=O) groups excluding carboxylic acids is 1. The molecule has 0 saturated carbocycles. The fourth-order valence-corrected chi connectivity index (χ4v) is 4.08. The largest absolute Gasteiger partial charge is 0.486 e. The molecule has 2 heterocycles. The highest BCUT2D eigenvalue weighted by atomic mass is 32.1. The third kappa shape index (κ3) is 3.65. The quantitative estimate of drug-likeness (QED) is 0.614. The van der Waals surface area contributed by atoms with Gasteiger partial charge in [0.2, 0.25) is 0 Å². The number of aromatic nitrogens is 1. The van der Waals surface area contributed by atoms with Crippen molar-refractivity contribution in [2.24, 2.45) is 4.99 Å². The summed E-state index contributed by atoms with van der Waals surface area (Å²) in [4.78, 5) is 17.4. The van der Waals surface area contributed by atoms with Crippen molar-refractivity contribution in [2.45, 2.75) is 13.5 Å². The third-order valence-electron chi connectivity index (χ3n) is 4.30. The molecule has 0 atom stereocenters. The zero-order valence-corrected chi connectivity index (χ0v) is 16.1. The van der Waals surface area contributed by atoms with E-state index in [-0.39, 0.29) is 5.82 Å². The van der Waals surface area contributed by atoms with E-state index < -0.39 is 5.91 Å². The Morgan fingerprint density at radius 3 is 2.89 bits per heavy atom. The zero-order chi connectivity index (χ0) is 19.5. The number of thiazole rings is 1. The average molecular weight is 402 g/mol. The number of fused-ring (bicyclic) bond motifs is 2. The maximum atomic E-state index is 14.4. The van der Waals surface area contributed by atoms with Crippen LogP contribution in [0.5, 0.6) is 11.5 Å². The second kappa shape index (κ2) is 8.12. The molecule has 1 aliphatic rings. The van der Waals surface area contributed by atoms with Crippen molar-refractivity contribution < 1.29 is 23.4 Å². The highest BCUT2D eigenvalue weighted by molar-refractivity contribution is 7.16. The van der Waals surface area contributed by atoms with Gasteiger partial charge >= 0.3 is 0 Å². The first-order valence-corrected chi connectivity index (χ1v) is 9.83. The SMILES string of the molecule is CCOCCn1c(=NC(=O)c2ccc3c(c2)OCCO3)sc2cccc(F)c21. The van der Waals surface area contributed by atoms with E-state index in [9.17, 15) is 9.18 Å². The Hall–Kier alpha value is -2.71. The van der Waals surface area contributed by atoms with Crippen molar-refractivity contribution in [1.82, 2.24) is 4.57 Å². The topological polar surface area (TPSA) is 62.1 Å². The van der Waals surface area contributed by atoms with Crippen molar-refractivity contribution >= 4 is 27.5 Å². The van der Waals surface area contributed by atoms with E-state index in [0.717, 1.165) is 4.70 Å². The molecule has 2 aromatic carbocycles. The standard InChI is InChI=1S/C20H19FN2O4S/c1-2-25-9-8-23-18-14(21)4-3-5-17(18)28-20(23)22-19(24)13-6-7-15-16(12-13)27-11-10-26-15/h3-7,12H,2,8-11H2,1H3. The van der Waals surface area contributed by atoms with Crippen LogP contribution >= 0.6 is 11.3 Å². The second-order valence-electron chi connectivity index (χ2n) is 6.10. The van der Waals surface area contributed by atoms with Gasteiger partial charge in [0.25, 0.3) is 5.91 Å². The fraction of sp³-hybridized carbons (Fsp3) is 0.300. The van der Waals surface area contributed by atoms with Crippen molar-refractivity contribution in [2.75, 3.05) is 26.4 Å². The molecule has 3 aromatic rings. The minimum atomic E-state index is -0.422. The Morgan fingerprint density at radius 2 is 2.07 bits per heavy atom. The first-order chi connectivity index (χ1) is 13.7. The summed E-state index contributed by atoms with van der Waals surface area (Å²) in [6, 6.07) is 9.83. The number of ether oxygens (including phenoxy) is 3. The van der Waals surface area contributed by atoms with Crippen LogP contribution in [0.25, 0.3) is 10.2 Å². The first kappa shape index (κ1) is 18.6. The van der Waals surface area contributed by atoms with Gasteiger partial charge in [0, 0.05) is 18.7 Å². The molecule has 0 fully saturated rings. The van der Waals surface area contributed by atoms with Crippen LogP contribution in [0.1, 0.15) is 17.3 Å². The Bertz CT molecular complexity index is 1090. The molecule has 0 unspecified atom stereocenters. The Balaban J connectivity index is 1.74. The number of carbonyl (C=O) groups is 1. The molecule has 1 aliphatic heterocycles. The minimum Gasteiger partial charge on any atom is -0.486 e. The van der Waals surface area contributed by atoms with E-state index in [4.69, 9.17) is 14.2 Å². The summed E-state index contributed by atoms with van der Waals surface area (Å²) in [6.07, 6.45) is 0. The fourth-order valence-electron chi connectivity index (χ4n) is 3.01. The van der Waals surface area contributed by atoms with Crippen LogP contribution in [-0.4, -0.2) is 36.9 Å². The molecule has 0 bridgehead atoms. The lowest BCUT2D eigenvalue weighted by molar-refractivity contribution is 0.0995. The van der Waals surface area contributed by atoms with Crippen LogP contribution in [0.4, 0.5) is 4.39 Å². The Kier molecular flexibility index (Phi) is 5.40. The Morgan fingerprint density at radius 1 is 1.25 bits per heavy atom. The van der Waals surface area contributed by atoms with Crippen LogP contribution in [0.3, 0.4) is 0 Å². The van der Waals surface area contributed by atoms with Gasteiger partial charge < -0.3 is 18.8 Å². The highest BCUT2D eigenvalue weighted by Gasteiger charge is 2.16. The lowest BCUT2D eigenvalue weighted by atomic mass is 10.2. The van der Waals surface area contributed by atoms with E-state index in [0.29, 0.717) is 60.4 Å². The molecule has 0 radical (unpaired) electrons. The van der Waals surface area contributed by atoms with Gasteiger partial charge in [0.1, 0.15) is 19.0 Å². The normalized spacial score (nSPS) is 13.9. The lowest BCUT2D eigenvalue weighted by Gasteiger charge is -2.18. The molecule has 6 nitrogen and oxygen atoms in total. The highest BCUT2D eigenvalue weighted by Crippen LogP contribution is 2.31. The van der Waals surface area contributed by atoms with Gasteiger partial charge in [-0.3, -0.25) is 4.79 Å². The van der Waals surface area contributed by atoms with Crippen molar-refractivity contribution in [3.8, 4) is 11.5 Å². The van der Waals surface area contributed by atoms with Gasteiger partial charge in [-0.15, -0.1) is 0 Å². The van der Waals surface area contributed by atoms with E-state index in [2.05, 4.69) is 4.99 Å². The Labute approximate surface area is 164 Å². The van der Waals surface area contributed by atoms with Crippen molar-refractivity contribution in [1.29, 1.82) is 0 Å². The predicted octanol–water partition coefficient (Wildman–Crippen LogP) is 3.39. The summed E-state index contributed by atoms with van der Waals surface area (Å²) >= 11 is 1.27. The third-order valence-corrected chi connectivity index (χ3v) is 5.35. The van der Waals surface area contributed by atoms with E-state index >= 15 is 0 Å². The molecular formula is C20H19FN2O4S. The van der Waals surface area contributed by atoms with Crippen LogP contribution in [-0.2, 0) is 11.3 Å². The van der Waals surface area contributed by atoms with E-state index in [1.807, 2.05) is 13.0 Å². The molecule has 0 spiro atoms. The smallest absolute Gasteiger partial charge is 0.279 e. The summed E-state index contributed by atoms with van der Waals surface area (Å²) in [5.41, 5.74) is 0.819. The number of amides is 1. The molecule has 0 N–H and O–H groups in total. The first-order valence-electron chi connectivity index (χ1n) is 9.01. The van der Waals surface area contributed by atoms with Crippen molar-refractivity contribution in [3.63, 3.8) is 0 Å². The molecule has 4 rings (SSSR count). The number of para-hydroxylation sites is 1. The van der Waals surface area contributed by atoms with Crippen LogP contribution in [0.15, 0.2) is 41.4 Å². The zero-order valence-electron chi connectivity index (χ0n) is 15.3. The summed E-state index contributed by atoms with van der Waals surface area (Å²) in [5.74, 6) is 0.366. The molecule has 1 aromatic heterocycles. The molecular weight excluding hydrogens is 383 g/mol. The van der Waals surface area contributed by atoms with Crippen LogP contribution in [0.2, 0.25) is 0 Å². The maximum Gasteiger partial charge on any atom is 0.279 e. The predicted molar refractivity (Wildman–Crippen MR) is 104 cm³/mol. The van der Waals surface area contributed by atoms with Gasteiger partial charge in [-0.05, 0) is 37.3 Å². The number of hydrogen-bond donors (Lipinski definition) is 0. The summed E-state index contributed by atoms with van der Waals surface area (Å²) in [6.45, 7) is 4.19. The number of hydrogen-bond acceptors (Lipinski definition) is 5.